The van der Waals surface area contributed by atoms with Crippen LogP contribution >= 0.6 is 0 Å². The van der Waals surface area contributed by atoms with Crippen molar-refractivity contribution in [2.24, 2.45) is 0 Å². The average Bonchev–Trinajstić information content (AvgIpc) is 2.74. The fraction of sp³-hybridized carbons (Fsp3) is 0.0870. The third kappa shape index (κ3) is 4.51. The lowest BCUT2D eigenvalue weighted by Crippen LogP contribution is -2.22. The Balaban J connectivity index is 1.71. The number of amides is 2. The van der Waals surface area contributed by atoms with Crippen molar-refractivity contribution in [1.82, 2.24) is 5.32 Å². The Morgan fingerprint density at radius 3 is 1.96 bits per heavy atom. The molecule has 5 nitrogen and oxygen atoms in total. The van der Waals surface area contributed by atoms with Gasteiger partial charge in [-0.2, -0.15) is 0 Å². The van der Waals surface area contributed by atoms with Crippen LogP contribution in [0.5, 0.6) is 0 Å². The van der Waals surface area contributed by atoms with Crippen LogP contribution in [0.1, 0.15) is 43.6 Å². The molecule has 0 fully saturated rings. The molecule has 3 aromatic carbocycles. The molecule has 0 heterocycles. The molecule has 3 aromatic rings. The van der Waals surface area contributed by atoms with Crippen molar-refractivity contribution in [1.29, 1.82) is 0 Å². The van der Waals surface area contributed by atoms with Crippen molar-refractivity contribution < 1.29 is 14.4 Å². The first-order valence-electron chi connectivity index (χ1n) is 8.98. The van der Waals surface area contributed by atoms with Gasteiger partial charge in [0.1, 0.15) is 0 Å². The third-order valence-corrected chi connectivity index (χ3v) is 4.17. The van der Waals surface area contributed by atoms with Gasteiger partial charge < -0.3 is 10.6 Å². The maximum atomic E-state index is 12.5. The number of benzene rings is 3. The van der Waals surface area contributed by atoms with Gasteiger partial charge in [-0.25, -0.2) is 0 Å². The molecule has 0 aliphatic carbocycles. The molecule has 3 rings (SSSR count). The van der Waals surface area contributed by atoms with Crippen LogP contribution in [0, 0.1) is 0 Å². The van der Waals surface area contributed by atoms with Gasteiger partial charge in [-0.15, -0.1) is 0 Å². The molecule has 0 radical (unpaired) electrons. The summed E-state index contributed by atoms with van der Waals surface area (Å²) in [5, 5.41) is 5.49. The minimum Gasteiger partial charge on any atom is -0.352 e. The highest BCUT2D eigenvalue weighted by Crippen LogP contribution is 2.15. The highest BCUT2D eigenvalue weighted by atomic mass is 16.2. The molecule has 0 bridgehead atoms. The minimum atomic E-state index is -0.313. The zero-order valence-electron chi connectivity index (χ0n) is 15.4. The fourth-order valence-electron chi connectivity index (χ4n) is 2.73. The normalized spacial score (nSPS) is 10.2. The van der Waals surface area contributed by atoms with Crippen molar-refractivity contribution in [2.45, 2.75) is 6.92 Å². The Morgan fingerprint density at radius 1 is 0.679 bits per heavy atom. The van der Waals surface area contributed by atoms with E-state index in [0.717, 1.165) is 0 Å². The first-order chi connectivity index (χ1) is 13.6. The molecule has 2 amide bonds. The lowest BCUT2D eigenvalue weighted by Gasteiger charge is -2.08. The van der Waals surface area contributed by atoms with Crippen LogP contribution in [0.3, 0.4) is 0 Å². The molecule has 0 aliphatic heterocycles. The fourth-order valence-corrected chi connectivity index (χ4v) is 2.73. The molecule has 28 heavy (non-hydrogen) atoms. The summed E-state index contributed by atoms with van der Waals surface area (Å²) >= 11 is 0. The van der Waals surface area contributed by atoms with Gasteiger partial charge in [-0.3, -0.25) is 14.4 Å². The van der Waals surface area contributed by atoms with E-state index in [1.807, 2.05) is 25.1 Å². The van der Waals surface area contributed by atoms with E-state index in [-0.39, 0.29) is 17.6 Å². The summed E-state index contributed by atoms with van der Waals surface area (Å²) in [6.07, 6.45) is 0. The van der Waals surface area contributed by atoms with Crippen molar-refractivity contribution in [3.05, 3.63) is 101 Å². The molecule has 0 atom stereocenters. The van der Waals surface area contributed by atoms with Gasteiger partial charge in [-0.1, -0.05) is 48.5 Å². The summed E-state index contributed by atoms with van der Waals surface area (Å²) in [5.74, 6) is -0.601. The van der Waals surface area contributed by atoms with E-state index in [2.05, 4.69) is 10.6 Å². The van der Waals surface area contributed by atoms with E-state index in [1.165, 1.54) is 0 Å². The Kier molecular flexibility index (Phi) is 5.97. The second-order valence-electron chi connectivity index (χ2n) is 6.17. The van der Waals surface area contributed by atoms with E-state index in [4.69, 9.17) is 0 Å². The molecule has 0 aliphatic rings. The molecule has 0 spiro atoms. The standard InChI is InChI=1S/C23H20N2O3/c1-2-24-22(27)19-9-6-10-20(15-19)25-23(28)18-13-11-17(12-14-18)21(26)16-7-4-3-5-8-16/h3-15H,2H2,1H3,(H,24,27)(H,25,28). The summed E-state index contributed by atoms with van der Waals surface area (Å²) in [7, 11) is 0. The summed E-state index contributed by atoms with van der Waals surface area (Å²) in [5.41, 5.74) is 2.54. The first kappa shape index (κ1) is 19.0. The molecule has 0 saturated heterocycles. The summed E-state index contributed by atoms with van der Waals surface area (Å²) < 4.78 is 0. The van der Waals surface area contributed by atoms with Gasteiger partial charge in [0.2, 0.25) is 0 Å². The van der Waals surface area contributed by atoms with E-state index < -0.39 is 0 Å². The Morgan fingerprint density at radius 2 is 1.29 bits per heavy atom. The van der Waals surface area contributed by atoms with Crippen LogP contribution in [-0.4, -0.2) is 24.1 Å². The summed E-state index contributed by atoms with van der Waals surface area (Å²) in [6, 6.07) is 22.2. The van der Waals surface area contributed by atoms with Crippen molar-refractivity contribution in [3.8, 4) is 0 Å². The van der Waals surface area contributed by atoms with Crippen LogP contribution in [0.2, 0.25) is 0 Å². The quantitative estimate of drug-likeness (QED) is 0.644. The van der Waals surface area contributed by atoms with Gasteiger partial charge in [0.05, 0.1) is 0 Å². The summed E-state index contributed by atoms with van der Waals surface area (Å²) in [6.45, 7) is 2.37. The number of carbonyl (C=O) groups excluding carboxylic acids is 3. The van der Waals surface area contributed by atoms with E-state index in [0.29, 0.717) is 34.5 Å². The lowest BCUT2D eigenvalue weighted by atomic mass is 10.0. The van der Waals surface area contributed by atoms with Gasteiger partial charge in [-0.05, 0) is 37.3 Å². The van der Waals surface area contributed by atoms with Crippen LogP contribution in [0.25, 0.3) is 0 Å². The summed E-state index contributed by atoms with van der Waals surface area (Å²) in [4.78, 5) is 36.8. The number of hydrogen-bond acceptors (Lipinski definition) is 3. The van der Waals surface area contributed by atoms with Crippen LogP contribution in [-0.2, 0) is 0 Å². The van der Waals surface area contributed by atoms with Crippen LogP contribution in [0.4, 0.5) is 5.69 Å². The Bertz CT molecular complexity index is 996. The molecule has 0 aromatic heterocycles. The number of rotatable bonds is 6. The maximum absolute atomic E-state index is 12.5. The number of carbonyl (C=O) groups is 3. The van der Waals surface area contributed by atoms with Gasteiger partial charge in [0.15, 0.2) is 5.78 Å². The Hall–Kier alpha value is -3.73. The predicted molar refractivity (Wildman–Crippen MR) is 109 cm³/mol. The van der Waals surface area contributed by atoms with Crippen molar-refractivity contribution in [2.75, 3.05) is 11.9 Å². The van der Waals surface area contributed by atoms with Gasteiger partial charge in [0.25, 0.3) is 11.8 Å². The Labute approximate surface area is 163 Å². The first-order valence-corrected chi connectivity index (χ1v) is 8.98. The number of hydrogen-bond donors (Lipinski definition) is 2. The zero-order chi connectivity index (χ0) is 19.9. The molecule has 5 heteroatoms. The molecule has 140 valence electrons. The topological polar surface area (TPSA) is 75.3 Å². The van der Waals surface area contributed by atoms with Gasteiger partial charge >= 0.3 is 0 Å². The van der Waals surface area contributed by atoms with Crippen LogP contribution < -0.4 is 10.6 Å². The van der Waals surface area contributed by atoms with Crippen molar-refractivity contribution in [3.63, 3.8) is 0 Å². The molecular formula is C23H20N2O3. The maximum Gasteiger partial charge on any atom is 0.255 e. The largest absolute Gasteiger partial charge is 0.352 e. The molecular weight excluding hydrogens is 352 g/mol. The second kappa shape index (κ2) is 8.77. The smallest absolute Gasteiger partial charge is 0.255 e. The molecule has 0 saturated carbocycles. The predicted octanol–water partition coefficient (Wildman–Crippen LogP) is 3.92. The third-order valence-electron chi connectivity index (χ3n) is 4.17. The lowest BCUT2D eigenvalue weighted by molar-refractivity contribution is 0.0954. The molecule has 2 N–H and O–H groups in total. The highest BCUT2D eigenvalue weighted by molar-refractivity contribution is 6.10. The monoisotopic (exact) mass is 372 g/mol. The number of ketones is 1. The van der Waals surface area contributed by atoms with E-state index in [9.17, 15) is 14.4 Å². The highest BCUT2D eigenvalue weighted by Gasteiger charge is 2.12. The van der Waals surface area contributed by atoms with E-state index in [1.54, 1.807) is 60.7 Å². The van der Waals surface area contributed by atoms with E-state index >= 15 is 0 Å². The molecule has 0 unspecified atom stereocenters. The SMILES string of the molecule is CCNC(=O)c1cccc(NC(=O)c2ccc(C(=O)c3ccccc3)cc2)c1. The van der Waals surface area contributed by atoms with Crippen molar-refractivity contribution >= 4 is 23.3 Å². The van der Waals surface area contributed by atoms with Crippen LogP contribution in [0.15, 0.2) is 78.9 Å². The zero-order valence-corrected chi connectivity index (χ0v) is 15.4. The average molecular weight is 372 g/mol. The number of anilines is 1. The minimum absolute atomic E-state index is 0.0952. The second-order valence-corrected chi connectivity index (χ2v) is 6.17. The number of nitrogens with one attached hydrogen (secondary N) is 2. The van der Waals surface area contributed by atoms with Gasteiger partial charge in [0, 0.05) is 34.5 Å².